The van der Waals surface area contributed by atoms with Gasteiger partial charge in [0.05, 0.1) is 22.2 Å². The van der Waals surface area contributed by atoms with Crippen LogP contribution in [0.4, 0.5) is 0 Å². The predicted octanol–water partition coefficient (Wildman–Crippen LogP) is 5.00. The van der Waals surface area contributed by atoms with Crippen LogP contribution >= 0.6 is 11.8 Å². The molecule has 0 N–H and O–H groups in total. The normalized spacial score (nSPS) is 11.9. The molecule has 1 atom stereocenters. The number of benzene rings is 2. The summed E-state index contributed by atoms with van der Waals surface area (Å²) in [6.07, 6.45) is 3.46. The van der Waals surface area contributed by atoms with Gasteiger partial charge < -0.3 is 0 Å². The minimum atomic E-state index is -1.17. The van der Waals surface area contributed by atoms with Crippen LogP contribution in [0, 0.1) is 0 Å². The number of pyridine rings is 1. The third-order valence-corrected chi connectivity index (χ3v) is 6.21. The molecule has 0 amide bonds. The highest BCUT2D eigenvalue weighted by molar-refractivity contribution is 7.99. The highest BCUT2D eigenvalue weighted by Gasteiger charge is 2.12. The second kappa shape index (κ2) is 8.91. The molecule has 4 nitrogen and oxygen atoms in total. The van der Waals surface area contributed by atoms with Gasteiger partial charge in [0.1, 0.15) is 5.03 Å². The molecule has 1 unspecified atom stereocenters. The van der Waals surface area contributed by atoms with Crippen LogP contribution in [0.2, 0.25) is 0 Å². The summed E-state index contributed by atoms with van der Waals surface area (Å²) < 4.78 is 12.8. The van der Waals surface area contributed by atoms with Crippen LogP contribution in [-0.2, 0) is 16.6 Å². The maximum absolute atomic E-state index is 12.8. The summed E-state index contributed by atoms with van der Waals surface area (Å²) >= 11 is 1.56. The SMILES string of the molecule is O=S(Cc1cc(Sc2ccccc2)nc(-c2cccnc2)n1)c1ccccc1. The van der Waals surface area contributed by atoms with Crippen molar-refractivity contribution < 1.29 is 4.21 Å². The Bertz CT molecular complexity index is 1070. The van der Waals surface area contributed by atoms with Crippen molar-refractivity contribution in [1.82, 2.24) is 15.0 Å². The molecule has 2 aromatic heterocycles. The maximum atomic E-state index is 12.8. The fourth-order valence-corrected chi connectivity index (χ4v) is 4.53. The number of hydrogen-bond donors (Lipinski definition) is 0. The monoisotopic (exact) mass is 403 g/mol. The van der Waals surface area contributed by atoms with Crippen LogP contribution < -0.4 is 0 Å². The van der Waals surface area contributed by atoms with Crippen LogP contribution in [0.5, 0.6) is 0 Å². The summed E-state index contributed by atoms with van der Waals surface area (Å²) in [7, 11) is -1.17. The number of hydrogen-bond acceptors (Lipinski definition) is 5. The predicted molar refractivity (Wildman–Crippen MR) is 112 cm³/mol. The van der Waals surface area contributed by atoms with E-state index in [0.29, 0.717) is 11.6 Å². The van der Waals surface area contributed by atoms with Gasteiger partial charge >= 0.3 is 0 Å². The van der Waals surface area contributed by atoms with Gasteiger partial charge in [-0.2, -0.15) is 0 Å². The van der Waals surface area contributed by atoms with Crippen molar-refractivity contribution in [1.29, 1.82) is 0 Å². The standard InChI is InChI=1S/C22H17N3OS2/c26-28(20-11-5-2-6-12-20)16-18-14-21(27-19-9-3-1-4-10-19)25-22(24-18)17-8-7-13-23-15-17/h1-15H,16H2. The highest BCUT2D eigenvalue weighted by atomic mass is 32.2. The Kier molecular flexibility index (Phi) is 5.89. The summed E-state index contributed by atoms with van der Waals surface area (Å²) in [4.78, 5) is 15.4. The van der Waals surface area contributed by atoms with Gasteiger partial charge in [0.15, 0.2) is 5.82 Å². The van der Waals surface area contributed by atoms with Gasteiger partial charge in [-0.3, -0.25) is 9.19 Å². The molecule has 138 valence electrons. The second-order valence-corrected chi connectivity index (χ2v) is 8.53. The molecule has 0 fully saturated rings. The first-order chi connectivity index (χ1) is 13.8. The minimum absolute atomic E-state index is 0.335. The molecule has 2 heterocycles. The maximum Gasteiger partial charge on any atom is 0.162 e. The van der Waals surface area contributed by atoms with Crippen molar-refractivity contribution in [2.75, 3.05) is 0 Å². The Balaban J connectivity index is 1.68. The summed E-state index contributed by atoms with van der Waals surface area (Å²) in [5.74, 6) is 0.927. The largest absolute Gasteiger partial charge is 0.264 e. The molecule has 4 rings (SSSR count). The molecule has 28 heavy (non-hydrogen) atoms. The average Bonchev–Trinajstić information content (AvgIpc) is 2.75. The zero-order valence-electron chi connectivity index (χ0n) is 14.9. The first-order valence-electron chi connectivity index (χ1n) is 8.72. The van der Waals surface area contributed by atoms with E-state index < -0.39 is 10.8 Å². The molecule has 0 spiro atoms. The van der Waals surface area contributed by atoms with Crippen molar-refractivity contribution in [2.24, 2.45) is 0 Å². The molecule has 4 aromatic rings. The van der Waals surface area contributed by atoms with E-state index in [1.807, 2.05) is 78.9 Å². The molecule has 0 bridgehead atoms. The smallest absolute Gasteiger partial charge is 0.162 e. The lowest BCUT2D eigenvalue weighted by atomic mass is 10.2. The Labute approximate surface area is 170 Å². The number of aromatic nitrogens is 3. The van der Waals surface area contributed by atoms with Gasteiger partial charge in [0, 0.05) is 27.7 Å². The topological polar surface area (TPSA) is 55.7 Å². The third kappa shape index (κ3) is 4.71. The quantitative estimate of drug-likeness (QED) is 0.424. The first-order valence-corrected chi connectivity index (χ1v) is 10.9. The molecule has 0 aliphatic heterocycles. The van der Waals surface area contributed by atoms with E-state index in [1.54, 1.807) is 24.2 Å². The Hall–Kier alpha value is -2.83. The van der Waals surface area contributed by atoms with E-state index in [9.17, 15) is 4.21 Å². The Morgan fingerprint density at radius 1 is 0.857 bits per heavy atom. The van der Waals surface area contributed by atoms with Gasteiger partial charge in [0.25, 0.3) is 0 Å². The molecular formula is C22H17N3OS2. The van der Waals surface area contributed by atoms with Crippen molar-refractivity contribution in [3.8, 4) is 11.4 Å². The Morgan fingerprint density at radius 3 is 2.32 bits per heavy atom. The van der Waals surface area contributed by atoms with Gasteiger partial charge in [0.2, 0.25) is 0 Å². The van der Waals surface area contributed by atoms with E-state index >= 15 is 0 Å². The van der Waals surface area contributed by atoms with Crippen LogP contribution in [0.25, 0.3) is 11.4 Å². The fraction of sp³-hybridized carbons (Fsp3) is 0.0455. The van der Waals surface area contributed by atoms with Crippen molar-refractivity contribution in [3.63, 3.8) is 0 Å². The highest BCUT2D eigenvalue weighted by Crippen LogP contribution is 2.28. The van der Waals surface area contributed by atoms with E-state index in [2.05, 4.69) is 9.97 Å². The van der Waals surface area contributed by atoms with Crippen LogP contribution in [0.1, 0.15) is 5.69 Å². The van der Waals surface area contributed by atoms with Crippen molar-refractivity contribution in [3.05, 3.63) is 97.0 Å². The lowest BCUT2D eigenvalue weighted by Crippen LogP contribution is -2.02. The lowest BCUT2D eigenvalue weighted by molar-refractivity contribution is 0.682. The average molecular weight is 404 g/mol. The van der Waals surface area contributed by atoms with Crippen LogP contribution in [-0.4, -0.2) is 19.2 Å². The molecule has 6 heteroatoms. The number of rotatable bonds is 6. The summed E-state index contributed by atoms with van der Waals surface area (Å²) in [5.41, 5.74) is 1.58. The molecule has 0 aliphatic rings. The molecule has 0 radical (unpaired) electrons. The fourth-order valence-electron chi connectivity index (χ4n) is 2.62. The molecule has 2 aromatic carbocycles. The molecule has 0 saturated heterocycles. The van der Waals surface area contributed by atoms with E-state index in [1.165, 1.54) is 0 Å². The van der Waals surface area contributed by atoms with Gasteiger partial charge in [-0.05, 0) is 42.5 Å². The van der Waals surface area contributed by atoms with Crippen LogP contribution in [0.15, 0.2) is 106 Å². The molecular weight excluding hydrogens is 386 g/mol. The van der Waals surface area contributed by atoms with E-state index in [-0.39, 0.29) is 0 Å². The summed E-state index contributed by atoms with van der Waals surface area (Å²) in [5, 5.41) is 0.820. The van der Waals surface area contributed by atoms with E-state index in [4.69, 9.17) is 4.98 Å². The van der Waals surface area contributed by atoms with Gasteiger partial charge in [-0.1, -0.05) is 48.2 Å². The van der Waals surface area contributed by atoms with Gasteiger partial charge in [-0.15, -0.1) is 0 Å². The van der Waals surface area contributed by atoms with E-state index in [0.717, 1.165) is 26.1 Å². The Morgan fingerprint density at radius 2 is 1.61 bits per heavy atom. The summed E-state index contributed by atoms with van der Waals surface area (Å²) in [6.45, 7) is 0. The van der Waals surface area contributed by atoms with Crippen LogP contribution in [0.3, 0.4) is 0 Å². The summed E-state index contributed by atoms with van der Waals surface area (Å²) in [6, 6.07) is 25.2. The van der Waals surface area contributed by atoms with Gasteiger partial charge in [-0.25, -0.2) is 9.97 Å². The molecule has 0 saturated carbocycles. The minimum Gasteiger partial charge on any atom is -0.264 e. The third-order valence-electron chi connectivity index (χ3n) is 3.93. The second-order valence-electron chi connectivity index (χ2n) is 5.98. The first kappa shape index (κ1) is 18.5. The lowest BCUT2D eigenvalue weighted by Gasteiger charge is -2.08. The zero-order chi connectivity index (χ0) is 19.2. The molecule has 0 aliphatic carbocycles. The zero-order valence-corrected chi connectivity index (χ0v) is 16.6. The van der Waals surface area contributed by atoms with Crippen molar-refractivity contribution in [2.45, 2.75) is 20.6 Å². The van der Waals surface area contributed by atoms with Crippen molar-refractivity contribution >= 4 is 22.6 Å². The number of nitrogens with zero attached hydrogens (tertiary/aromatic N) is 3.